The maximum atomic E-state index is 10.6. The van der Waals surface area contributed by atoms with E-state index in [0.29, 0.717) is 5.75 Å². The molecule has 7 heavy (non-hydrogen) atoms. The molecule has 44 valence electrons. The quantitative estimate of drug-likeness (QED) is 0.561. The van der Waals surface area contributed by atoms with Gasteiger partial charge in [-0.1, -0.05) is 6.92 Å². The molecule has 0 aromatic heterocycles. The van der Waals surface area contributed by atoms with Crippen LogP contribution < -0.4 is 0 Å². The summed E-state index contributed by atoms with van der Waals surface area (Å²) in [6.07, 6.45) is 2.55. The van der Waals surface area contributed by atoms with Gasteiger partial charge in [-0.15, -0.1) is 0 Å². The van der Waals surface area contributed by atoms with Crippen molar-refractivity contribution < 1.29 is 4.21 Å². The predicted molar refractivity (Wildman–Crippen MR) is 36.6 cm³/mol. The minimum Gasteiger partial charge on any atom is -0.257 e. The van der Waals surface area contributed by atoms with Crippen LogP contribution in [0, 0.1) is 0 Å². The van der Waals surface area contributed by atoms with Gasteiger partial charge in [0.15, 0.2) is 0 Å². The van der Waals surface area contributed by atoms with Crippen molar-refractivity contribution in [3.05, 3.63) is 0 Å². The van der Waals surface area contributed by atoms with E-state index in [9.17, 15) is 4.21 Å². The number of rotatable bonds is 2. The first-order valence-electron chi connectivity index (χ1n) is 2.24. The second kappa shape index (κ2) is 2.62. The second-order valence-corrected chi connectivity index (χ2v) is 6.00. The highest BCUT2D eigenvalue weighted by Crippen LogP contribution is 1.85. The Balaban J connectivity index is 3.60. The normalized spacial score (nSPS) is 18.6. The zero-order valence-corrected chi connectivity index (χ0v) is 6.27. The zero-order valence-electron chi connectivity index (χ0n) is 4.64. The minimum atomic E-state index is -1.84. The maximum absolute atomic E-state index is 10.6. The predicted octanol–water partition coefficient (Wildman–Crippen LogP) is 0.772. The molecule has 0 saturated carbocycles. The summed E-state index contributed by atoms with van der Waals surface area (Å²) in [5.74, 6) is 0.683. The first-order valence-corrected chi connectivity index (χ1v) is 5.30. The Morgan fingerprint density at radius 3 is 2.14 bits per heavy atom. The molecule has 0 aliphatic heterocycles. The van der Waals surface area contributed by atoms with Gasteiger partial charge in [-0.3, -0.25) is 4.21 Å². The lowest BCUT2D eigenvalue weighted by molar-refractivity contribution is 0.684. The lowest BCUT2D eigenvalue weighted by Crippen LogP contribution is -1.98. The molecule has 0 rings (SSSR count). The second-order valence-electron chi connectivity index (χ2n) is 1.63. The van der Waals surface area contributed by atoms with Crippen molar-refractivity contribution in [2.45, 2.75) is 13.3 Å². The van der Waals surface area contributed by atoms with Gasteiger partial charge in [0.1, 0.15) is 0 Å². The Kier molecular flexibility index (Phi) is 2.76. The van der Waals surface area contributed by atoms with Crippen LogP contribution in [0.4, 0.5) is 0 Å². The highest BCUT2D eigenvalue weighted by molar-refractivity contribution is 8.32. The monoisotopic (exact) mass is 138 g/mol. The molecular weight excluding hydrogens is 128 g/mol. The average Bonchev–Trinajstić information content (AvgIpc) is 1.30. The van der Waals surface area contributed by atoms with Crippen molar-refractivity contribution in [3.8, 4) is 0 Å². The molecule has 0 saturated heterocycles. The maximum Gasteiger partial charge on any atom is 0.0281 e. The molecule has 3 heteroatoms. The molecule has 1 unspecified atom stereocenters. The van der Waals surface area contributed by atoms with Crippen LogP contribution >= 0.6 is 0 Å². The third-order valence-electron chi connectivity index (χ3n) is 0.575. The first kappa shape index (κ1) is 7.37. The molecule has 0 aromatic carbocycles. The molecule has 0 spiro atoms. The van der Waals surface area contributed by atoms with E-state index in [1.165, 1.54) is 0 Å². The first-order chi connectivity index (χ1) is 3.06. The van der Waals surface area contributed by atoms with Crippen LogP contribution in [0.25, 0.3) is 0 Å². The van der Waals surface area contributed by atoms with Gasteiger partial charge >= 0.3 is 0 Å². The summed E-state index contributed by atoms with van der Waals surface area (Å²) >= 11 is 4.61. The van der Waals surface area contributed by atoms with E-state index in [1.807, 2.05) is 6.92 Å². The molecular formula is C4H10OS2. The molecule has 0 aromatic rings. The summed E-state index contributed by atoms with van der Waals surface area (Å²) in [7, 11) is -1.84. The van der Waals surface area contributed by atoms with E-state index in [4.69, 9.17) is 0 Å². The molecule has 0 aliphatic rings. The van der Waals surface area contributed by atoms with E-state index >= 15 is 0 Å². The molecule has 0 heterocycles. The molecule has 0 bridgehead atoms. The Morgan fingerprint density at radius 2 is 2.14 bits per heavy atom. The van der Waals surface area contributed by atoms with Crippen LogP contribution in [0.1, 0.15) is 13.3 Å². The largest absolute Gasteiger partial charge is 0.257 e. The van der Waals surface area contributed by atoms with Crippen LogP contribution in [0.2, 0.25) is 0 Å². The fourth-order valence-electron chi connectivity index (χ4n) is 0.371. The molecule has 0 fully saturated rings. The summed E-state index contributed by atoms with van der Waals surface area (Å²) in [4.78, 5) is 0. The summed E-state index contributed by atoms with van der Waals surface area (Å²) in [6.45, 7) is 1.98. The van der Waals surface area contributed by atoms with E-state index in [-0.39, 0.29) is 0 Å². The van der Waals surface area contributed by atoms with Gasteiger partial charge < -0.3 is 0 Å². The van der Waals surface area contributed by atoms with Crippen molar-refractivity contribution >= 4 is 19.7 Å². The molecule has 0 radical (unpaired) electrons. The van der Waals surface area contributed by atoms with E-state index < -0.39 is 8.49 Å². The summed E-state index contributed by atoms with van der Waals surface area (Å²) in [5, 5.41) is 0. The van der Waals surface area contributed by atoms with E-state index in [0.717, 1.165) is 6.42 Å². The highest BCUT2D eigenvalue weighted by atomic mass is 32.8. The molecule has 1 nitrogen and oxygen atoms in total. The topological polar surface area (TPSA) is 17.1 Å². The fraction of sp³-hybridized carbons (Fsp3) is 1.00. The summed E-state index contributed by atoms with van der Waals surface area (Å²) in [5.41, 5.74) is 0. The van der Waals surface area contributed by atoms with E-state index in [1.54, 1.807) is 6.26 Å². The molecule has 1 atom stereocenters. The SMILES string of the molecule is CCCS(C)(=O)=S. The Morgan fingerprint density at radius 1 is 1.71 bits per heavy atom. The lowest BCUT2D eigenvalue weighted by atomic mass is 10.6. The zero-order chi connectivity index (χ0) is 5.91. The third-order valence-corrected chi connectivity index (χ3v) is 2.22. The van der Waals surface area contributed by atoms with Gasteiger partial charge in [-0.25, -0.2) is 0 Å². The van der Waals surface area contributed by atoms with Gasteiger partial charge in [0.25, 0.3) is 0 Å². The van der Waals surface area contributed by atoms with Crippen molar-refractivity contribution in [1.82, 2.24) is 0 Å². The van der Waals surface area contributed by atoms with Crippen LogP contribution in [0.3, 0.4) is 0 Å². The van der Waals surface area contributed by atoms with Gasteiger partial charge in [-0.05, 0) is 17.6 Å². The van der Waals surface area contributed by atoms with Crippen LogP contribution in [-0.2, 0) is 19.7 Å². The van der Waals surface area contributed by atoms with Gasteiger partial charge in [-0.2, -0.15) is 0 Å². The Hall–Kier alpha value is 0.370. The fourth-order valence-corrected chi connectivity index (χ4v) is 1.61. The van der Waals surface area contributed by atoms with Gasteiger partial charge in [0.2, 0.25) is 0 Å². The van der Waals surface area contributed by atoms with Gasteiger partial charge in [0.05, 0.1) is 0 Å². The summed E-state index contributed by atoms with van der Waals surface area (Å²) < 4.78 is 10.6. The van der Waals surface area contributed by atoms with Crippen molar-refractivity contribution in [2.24, 2.45) is 0 Å². The van der Waals surface area contributed by atoms with Crippen molar-refractivity contribution in [1.29, 1.82) is 0 Å². The lowest BCUT2D eigenvalue weighted by Gasteiger charge is -1.91. The molecule has 0 aliphatic carbocycles. The third kappa shape index (κ3) is 6.37. The van der Waals surface area contributed by atoms with E-state index in [2.05, 4.69) is 11.2 Å². The van der Waals surface area contributed by atoms with Crippen LogP contribution in [-0.4, -0.2) is 16.2 Å². The highest BCUT2D eigenvalue weighted by Gasteiger charge is 1.90. The van der Waals surface area contributed by atoms with Crippen LogP contribution in [0.5, 0.6) is 0 Å². The Bertz CT molecular complexity index is 123. The van der Waals surface area contributed by atoms with Crippen LogP contribution in [0.15, 0.2) is 0 Å². The number of hydrogen-bond acceptors (Lipinski definition) is 2. The van der Waals surface area contributed by atoms with Crippen molar-refractivity contribution in [2.75, 3.05) is 12.0 Å². The average molecular weight is 138 g/mol. The standard InChI is InChI=1S/C4H10OS2/c1-3-4-7(2,5)6/h3-4H2,1-2H3. The smallest absolute Gasteiger partial charge is 0.0281 e. The number of hydrogen-bond donors (Lipinski definition) is 0. The molecule has 0 N–H and O–H groups in total. The van der Waals surface area contributed by atoms with Crippen molar-refractivity contribution in [3.63, 3.8) is 0 Å². The Labute approximate surface area is 49.8 Å². The summed E-state index contributed by atoms with van der Waals surface area (Å²) in [6, 6.07) is 0. The molecule has 0 amide bonds. The minimum absolute atomic E-state index is 0.683. The van der Waals surface area contributed by atoms with Gasteiger partial charge in [0, 0.05) is 20.5 Å².